The van der Waals surface area contributed by atoms with E-state index in [4.69, 9.17) is 9.79 Å². The zero-order valence-electron chi connectivity index (χ0n) is 12.5. The van der Waals surface area contributed by atoms with Crippen molar-refractivity contribution in [3.05, 3.63) is 0 Å². The Labute approximate surface area is 168 Å². The molecule has 0 heterocycles. The molecule has 2 saturated carbocycles. The minimum atomic E-state index is -5.66. The summed E-state index contributed by atoms with van der Waals surface area (Å²) in [4.78, 5) is 40.8. The van der Waals surface area contributed by atoms with Gasteiger partial charge >= 0.3 is 59.1 Å². The molecular weight excluding hydrogens is 340 g/mol. The molecular formula is C10H18Na2O7P2. The Morgan fingerprint density at radius 3 is 1.86 bits per heavy atom. The van der Waals surface area contributed by atoms with E-state index in [0.717, 1.165) is 19.3 Å². The first kappa shape index (κ1) is 23.3. The van der Waals surface area contributed by atoms with Crippen molar-refractivity contribution in [2.45, 2.75) is 37.7 Å². The molecule has 11 heteroatoms. The molecule has 2 fully saturated rings. The van der Waals surface area contributed by atoms with Crippen molar-refractivity contribution in [2.24, 2.45) is 23.7 Å². The minimum absolute atomic E-state index is 0. The van der Waals surface area contributed by atoms with Crippen LogP contribution in [0.1, 0.15) is 32.6 Å². The summed E-state index contributed by atoms with van der Waals surface area (Å²) in [7, 11) is -11.3. The van der Waals surface area contributed by atoms with Gasteiger partial charge < -0.3 is 33.8 Å². The van der Waals surface area contributed by atoms with Gasteiger partial charge in [-0.3, -0.25) is 0 Å². The average molecular weight is 358 g/mol. The molecule has 0 aliphatic heterocycles. The number of fused-ring (bicyclic) bond motifs is 2. The third kappa shape index (κ3) is 4.09. The second-order valence-electron chi connectivity index (χ2n) is 5.86. The monoisotopic (exact) mass is 358 g/mol. The fourth-order valence-corrected chi connectivity index (χ4v) is 6.56. The van der Waals surface area contributed by atoms with Gasteiger partial charge in [0.1, 0.15) is 0 Å². The first-order valence-corrected chi connectivity index (χ1v) is 9.44. The van der Waals surface area contributed by atoms with Crippen LogP contribution in [0, 0.1) is 23.7 Å². The van der Waals surface area contributed by atoms with Crippen LogP contribution in [0.3, 0.4) is 0 Å². The summed E-state index contributed by atoms with van der Waals surface area (Å²) < 4.78 is 22.6. The largest absolute Gasteiger partial charge is 1.00 e. The summed E-state index contributed by atoms with van der Waals surface area (Å²) in [6.07, 6.45) is 3.38. The number of rotatable bonds is 4. The molecule has 2 aliphatic carbocycles. The molecule has 0 aromatic heterocycles. The van der Waals surface area contributed by atoms with Crippen LogP contribution in [-0.4, -0.2) is 20.0 Å². The molecule has 6 atom stereocenters. The average Bonchev–Trinajstić information content (AvgIpc) is 2.85. The predicted molar refractivity (Wildman–Crippen MR) is 62.7 cm³/mol. The van der Waals surface area contributed by atoms with E-state index in [2.05, 4.69) is 0 Å². The molecule has 0 saturated heterocycles. The Kier molecular flexibility index (Phi) is 8.48. The summed E-state index contributed by atoms with van der Waals surface area (Å²) in [5.74, 6) is -1.03. The van der Waals surface area contributed by atoms with Crippen LogP contribution in [0.15, 0.2) is 0 Å². The molecule has 112 valence electrons. The van der Waals surface area contributed by atoms with Gasteiger partial charge in [0, 0.05) is 5.92 Å². The molecule has 7 nitrogen and oxygen atoms in total. The van der Waals surface area contributed by atoms with Gasteiger partial charge in [0.2, 0.25) is 0 Å². The maximum Gasteiger partial charge on any atom is 1.00 e. The van der Waals surface area contributed by atoms with Gasteiger partial charge in [-0.15, -0.1) is 0 Å². The number of hydrogen-bond acceptors (Lipinski definition) is 5. The molecule has 0 aromatic carbocycles. The molecule has 0 spiro atoms. The van der Waals surface area contributed by atoms with Crippen LogP contribution in [0.2, 0.25) is 0 Å². The normalized spacial score (nSPS) is 37.3. The van der Waals surface area contributed by atoms with E-state index in [0.29, 0.717) is 12.3 Å². The van der Waals surface area contributed by atoms with Crippen LogP contribution in [-0.2, 0) is 9.13 Å². The van der Waals surface area contributed by atoms with Gasteiger partial charge in [-0.05, 0) is 37.0 Å². The van der Waals surface area contributed by atoms with Crippen molar-refractivity contribution >= 4 is 15.2 Å². The molecule has 6 unspecified atom stereocenters. The van der Waals surface area contributed by atoms with E-state index in [1.165, 1.54) is 6.92 Å². The number of aliphatic hydroxyl groups is 1. The van der Waals surface area contributed by atoms with Gasteiger partial charge in [0.25, 0.3) is 0 Å². The third-order valence-electron chi connectivity index (χ3n) is 4.88. The Bertz CT molecular complexity index is 440. The van der Waals surface area contributed by atoms with E-state index >= 15 is 0 Å². The van der Waals surface area contributed by atoms with Gasteiger partial charge in [-0.2, -0.15) is 0 Å². The SMILES string of the molecule is CC(C1CC2CCC1C2)C(O)(P(=O)([O-])O)P(=O)([O-])O.[Na+].[Na+]. The van der Waals surface area contributed by atoms with E-state index in [9.17, 15) is 24.0 Å². The fraction of sp³-hybridized carbons (Fsp3) is 1.00. The van der Waals surface area contributed by atoms with Crippen molar-refractivity contribution in [2.75, 3.05) is 0 Å². The van der Waals surface area contributed by atoms with Crippen molar-refractivity contribution < 1.29 is 92.9 Å². The third-order valence-corrected chi connectivity index (χ3v) is 8.87. The van der Waals surface area contributed by atoms with Crippen molar-refractivity contribution in [1.82, 2.24) is 0 Å². The van der Waals surface area contributed by atoms with Gasteiger partial charge in [0.05, 0.1) is 0 Å². The molecule has 2 bridgehead atoms. The van der Waals surface area contributed by atoms with Crippen LogP contribution in [0.4, 0.5) is 0 Å². The summed E-state index contributed by atoms with van der Waals surface area (Å²) in [5.41, 5.74) is 0. The smallest absolute Gasteiger partial charge is 0.776 e. The second kappa shape index (κ2) is 7.65. The maximum atomic E-state index is 11.3. The van der Waals surface area contributed by atoms with Crippen molar-refractivity contribution in [1.29, 1.82) is 0 Å². The first-order valence-electron chi connectivity index (χ1n) is 6.28. The quantitative estimate of drug-likeness (QED) is 0.335. The first-order chi connectivity index (χ1) is 8.48. The van der Waals surface area contributed by atoms with E-state index < -0.39 is 26.2 Å². The van der Waals surface area contributed by atoms with Crippen LogP contribution >= 0.6 is 15.2 Å². The van der Waals surface area contributed by atoms with E-state index in [1.54, 1.807) is 0 Å². The molecule has 0 radical (unpaired) electrons. The summed E-state index contributed by atoms with van der Waals surface area (Å²) in [6, 6.07) is 0. The summed E-state index contributed by atoms with van der Waals surface area (Å²) >= 11 is 0. The zero-order valence-corrected chi connectivity index (χ0v) is 18.3. The summed E-state index contributed by atoms with van der Waals surface area (Å²) in [5, 5.41) is 6.50. The molecule has 0 aromatic rings. The Morgan fingerprint density at radius 2 is 1.57 bits per heavy atom. The van der Waals surface area contributed by atoms with Gasteiger partial charge in [0.15, 0.2) is 20.3 Å². The van der Waals surface area contributed by atoms with Crippen LogP contribution in [0.5, 0.6) is 0 Å². The van der Waals surface area contributed by atoms with Gasteiger partial charge in [-0.1, -0.05) is 13.3 Å². The van der Waals surface area contributed by atoms with E-state index in [1.807, 2.05) is 0 Å². The van der Waals surface area contributed by atoms with E-state index in [-0.39, 0.29) is 71.0 Å². The number of hydrogen-bond donors (Lipinski definition) is 3. The topological polar surface area (TPSA) is 141 Å². The maximum absolute atomic E-state index is 11.3. The zero-order chi connectivity index (χ0) is 14.6. The Morgan fingerprint density at radius 1 is 1.10 bits per heavy atom. The van der Waals surface area contributed by atoms with Crippen molar-refractivity contribution in [3.63, 3.8) is 0 Å². The predicted octanol–water partition coefficient (Wildman–Crippen LogP) is -6.20. The molecule has 21 heavy (non-hydrogen) atoms. The Hall–Kier alpha value is 2.26. The molecule has 3 N–H and O–H groups in total. The summed E-state index contributed by atoms with van der Waals surface area (Å²) in [6.45, 7) is 1.26. The molecule has 2 aliphatic rings. The van der Waals surface area contributed by atoms with Crippen LogP contribution < -0.4 is 68.9 Å². The second-order valence-corrected chi connectivity index (χ2v) is 9.65. The minimum Gasteiger partial charge on any atom is -0.776 e. The molecule has 0 amide bonds. The Balaban J connectivity index is 0.00000200. The fourth-order valence-electron chi connectivity index (χ4n) is 3.87. The molecule has 2 rings (SSSR count). The van der Waals surface area contributed by atoms with Crippen molar-refractivity contribution in [3.8, 4) is 0 Å². The van der Waals surface area contributed by atoms with Gasteiger partial charge in [-0.25, -0.2) is 0 Å². The standard InChI is InChI=1S/C10H20O7P2.2Na/c1-6(9-5-7-2-3-8(9)4-7)10(11,18(12,13)14)19(15,16)17;;/h6-9,11H,2-5H2,1H3,(H2,12,13,14)(H2,15,16,17);;/q;2*+1/p-2. The van der Waals surface area contributed by atoms with Crippen LogP contribution in [0.25, 0.3) is 0 Å².